The monoisotopic (exact) mass is 252 g/mol. The maximum absolute atomic E-state index is 4.36. The molecule has 1 atom stereocenters. The Kier molecular flexibility index (Phi) is 4.09. The van der Waals surface area contributed by atoms with Crippen molar-refractivity contribution in [2.75, 3.05) is 0 Å². The zero-order valence-electron chi connectivity index (χ0n) is 9.56. The minimum absolute atomic E-state index is 0.423. The second-order valence-electron chi connectivity index (χ2n) is 3.69. The van der Waals surface area contributed by atoms with Gasteiger partial charge in [-0.2, -0.15) is 0 Å². The van der Waals surface area contributed by atoms with Gasteiger partial charge in [0.2, 0.25) is 0 Å². The molecule has 16 heavy (non-hydrogen) atoms. The standard InChI is InChI=1S/C12H16N2S2/c1-3-12-14-8-10(16-12)7-13-9(2)11-5-4-6-15-11/h4-6,8-9,13H,3,7H2,1-2H3/t9-/m1/s1. The van der Waals surface area contributed by atoms with Gasteiger partial charge in [0.1, 0.15) is 0 Å². The average molecular weight is 252 g/mol. The molecular weight excluding hydrogens is 236 g/mol. The summed E-state index contributed by atoms with van der Waals surface area (Å²) in [5, 5.41) is 6.86. The number of rotatable bonds is 5. The average Bonchev–Trinajstić information content (AvgIpc) is 2.96. The molecule has 0 unspecified atom stereocenters. The number of hydrogen-bond donors (Lipinski definition) is 1. The van der Waals surface area contributed by atoms with E-state index in [1.54, 1.807) is 22.7 Å². The van der Waals surface area contributed by atoms with Crippen LogP contribution in [-0.4, -0.2) is 4.98 Å². The van der Waals surface area contributed by atoms with E-state index in [0.29, 0.717) is 6.04 Å². The highest BCUT2D eigenvalue weighted by Crippen LogP contribution is 2.19. The molecule has 0 aliphatic heterocycles. The molecule has 0 saturated heterocycles. The highest BCUT2D eigenvalue weighted by molar-refractivity contribution is 7.11. The molecule has 0 aliphatic carbocycles. The second-order valence-corrected chi connectivity index (χ2v) is 5.87. The smallest absolute Gasteiger partial charge is 0.0925 e. The fourth-order valence-electron chi connectivity index (χ4n) is 1.49. The van der Waals surface area contributed by atoms with Gasteiger partial charge in [0, 0.05) is 28.5 Å². The van der Waals surface area contributed by atoms with Crippen LogP contribution >= 0.6 is 22.7 Å². The first-order chi connectivity index (χ1) is 7.79. The van der Waals surface area contributed by atoms with Gasteiger partial charge in [-0.1, -0.05) is 13.0 Å². The van der Waals surface area contributed by atoms with Crippen LogP contribution in [0.1, 0.15) is 34.7 Å². The molecule has 0 aliphatic rings. The van der Waals surface area contributed by atoms with E-state index in [2.05, 4.69) is 41.7 Å². The van der Waals surface area contributed by atoms with E-state index >= 15 is 0 Å². The van der Waals surface area contributed by atoms with Crippen LogP contribution in [-0.2, 0) is 13.0 Å². The molecule has 2 rings (SSSR count). The molecule has 0 aromatic carbocycles. The van der Waals surface area contributed by atoms with Crippen LogP contribution in [0.15, 0.2) is 23.7 Å². The van der Waals surface area contributed by atoms with Crippen molar-refractivity contribution in [3.05, 3.63) is 38.5 Å². The number of thiazole rings is 1. The van der Waals surface area contributed by atoms with Crippen molar-refractivity contribution in [2.45, 2.75) is 32.9 Å². The summed E-state index contributed by atoms with van der Waals surface area (Å²) in [6.45, 7) is 5.26. The van der Waals surface area contributed by atoms with E-state index in [4.69, 9.17) is 0 Å². The third kappa shape index (κ3) is 2.90. The third-order valence-electron chi connectivity index (χ3n) is 2.46. The van der Waals surface area contributed by atoms with Crippen LogP contribution in [0, 0.1) is 0 Å². The number of aryl methyl sites for hydroxylation is 1. The highest BCUT2D eigenvalue weighted by atomic mass is 32.1. The van der Waals surface area contributed by atoms with Crippen LogP contribution in [0.3, 0.4) is 0 Å². The summed E-state index contributed by atoms with van der Waals surface area (Å²) >= 11 is 3.60. The molecule has 2 heterocycles. The fourth-order valence-corrected chi connectivity index (χ4v) is 3.06. The summed E-state index contributed by atoms with van der Waals surface area (Å²) in [4.78, 5) is 7.07. The van der Waals surface area contributed by atoms with Gasteiger partial charge >= 0.3 is 0 Å². The Labute approximate surface area is 104 Å². The lowest BCUT2D eigenvalue weighted by atomic mass is 10.3. The molecule has 2 nitrogen and oxygen atoms in total. The summed E-state index contributed by atoms with van der Waals surface area (Å²) < 4.78 is 0. The number of aromatic nitrogens is 1. The zero-order chi connectivity index (χ0) is 11.4. The van der Waals surface area contributed by atoms with Crippen molar-refractivity contribution in [2.24, 2.45) is 0 Å². The largest absolute Gasteiger partial charge is 0.304 e. The molecule has 0 bridgehead atoms. The predicted octanol–water partition coefficient (Wildman–Crippen LogP) is 3.62. The number of thiophene rings is 1. The Morgan fingerprint density at radius 2 is 2.38 bits per heavy atom. The van der Waals surface area contributed by atoms with E-state index < -0.39 is 0 Å². The summed E-state index contributed by atoms with van der Waals surface area (Å²) in [5.41, 5.74) is 0. The first kappa shape index (κ1) is 11.8. The number of nitrogens with one attached hydrogen (secondary N) is 1. The van der Waals surface area contributed by atoms with E-state index in [1.807, 2.05) is 6.20 Å². The van der Waals surface area contributed by atoms with Crippen LogP contribution in [0.2, 0.25) is 0 Å². The minimum Gasteiger partial charge on any atom is -0.304 e. The minimum atomic E-state index is 0.423. The second kappa shape index (κ2) is 5.57. The maximum Gasteiger partial charge on any atom is 0.0925 e. The molecule has 0 saturated carbocycles. The third-order valence-corrected chi connectivity index (χ3v) is 4.65. The Balaban J connectivity index is 1.87. The summed E-state index contributed by atoms with van der Waals surface area (Å²) in [6, 6.07) is 4.69. The lowest BCUT2D eigenvalue weighted by Crippen LogP contribution is -2.16. The Bertz CT molecular complexity index is 420. The van der Waals surface area contributed by atoms with E-state index in [0.717, 1.165) is 13.0 Å². The quantitative estimate of drug-likeness (QED) is 0.879. The summed E-state index contributed by atoms with van der Waals surface area (Å²) in [6.07, 6.45) is 3.02. The lowest BCUT2D eigenvalue weighted by Gasteiger charge is -2.10. The van der Waals surface area contributed by atoms with E-state index in [1.165, 1.54) is 14.8 Å². The fraction of sp³-hybridized carbons (Fsp3) is 0.417. The molecular formula is C12H16N2S2. The molecule has 0 spiro atoms. The van der Waals surface area contributed by atoms with Crippen LogP contribution in [0.5, 0.6) is 0 Å². The van der Waals surface area contributed by atoms with Gasteiger partial charge in [-0.3, -0.25) is 0 Å². The Hall–Kier alpha value is -0.710. The van der Waals surface area contributed by atoms with Gasteiger partial charge in [-0.05, 0) is 24.8 Å². The van der Waals surface area contributed by atoms with E-state index in [-0.39, 0.29) is 0 Å². The van der Waals surface area contributed by atoms with Gasteiger partial charge in [0.05, 0.1) is 5.01 Å². The van der Waals surface area contributed by atoms with Crippen molar-refractivity contribution in [1.29, 1.82) is 0 Å². The van der Waals surface area contributed by atoms with Crippen LogP contribution in [0.25, 0.3) is 0 Å². The van der Waals surface area contributed by atoms with Crippen molar-refractivity contribution in [3.8, 4) is 0 Å². The molecule has 0 fully saturated rings. The van der Waals surface area contributed by atoms with Gasteiger partial charge in [0.15, 0.2) is 0 Å². The molecule has 4 heteroatoms. The summed E-state index contributed by atoms with van der Waals surface area (Å²) in [5.74, 6) is 0. The van der Waals surface area contributed by atoms with Crippen molar-refractivity contribution in [1.82, 2.24) is 10.3 Å². The number of nitrogens with zero attached hydrogens (tertiary/aromatic N) is 1. The summed E-state index contributed by atoms with van der Waals surface area (Å²) in [7, 11) is 0. The molecule has 2 aromatic heterocycles. The van der Waals surface area contributed by atoms with Gasteiger partial charge in [-0.25, -0.2) is 4.98 Å². The maximum atomic E-state index is 4.36. The molecule has 86 valence electrons. The molecule has 0 amide bonds. The topological polar surface area (TPSA) is 24.9 Å². The normalized spacial score (nSPS) is 12.9. The predicted molar refractivity (Wildman–Crippen MR) is 71.1 cm³/mol. The van der Waals surface area contributed by atoms with Gasteiger partial charge < -0.3 is 5.32 Å². The molecule has 1 N–H and O–H groups in total. The molecule has 2 aromatic rings. The number of hydrogen-bond acceptors (Lipinski definition) is 4. The van der Waals surface area contributed by atoms with Crippen molar-refractivity contribution >= 4 is 22.7 Å². The van der Waals surface area contributed by atoms with Crippen molar-refractivity contribution in [3.63, 3.8) is 0 Å². The highest BCUT2D eigenvalue weighted by Gasteiger charge is 2.06. The van der Waals surface area contributed by atoms with E-state index in [9.17, 15) is 0 Å². The van der Waals surface area contributed by atoms with Gasteiger partial charge in [-0.15, -0.1) is 22.7 Å². The lowest BCUT2D eigenvalue weighted by molar-refractivity contribution is 0.587. The SMILES string of the molecule is CCc1ncc(CN[C@H](C)c2cccs2)s1. The zero-order valence-corrected chi connectivity index (χ0v) is 11.2. The Morgan fingerprint density at radius 1 is 1.50 bits per heavy atom. The van der Waals surface area contributed by atoms with Crippen molar-refractivity contribution < 1.29 is 0 Å². The van der Waals surface area contributed by atoms with Crippen LogP contribution < -0.4 is 5.32 Å². The molecule has 0 radical (unpaired) electrons. The Morgan fingerprint density at radius 3 is 3.00 bits per heavy atom. The first-order valence-corrected chi connectivity index (χ1v) is 7.19. The van der Waals surface area contributed by atoms with Crippen LogP contribution in [0.4, 0.5) is 0 Å². The first-order valence-electron chi connectivity index (χ1n) is 5.50. The van der Waals surface area contributed by atoms with Gasteiger partial charge in [0.25, 0.3) is 0 Å².